The van der Waals surface area contributed by atoms with Crippen molar-refractivity contribution in [3.63, 3.8) is 0 Å². The van der Waals surface area contributed by atoms with Gasteiger partial charge in [0.25, 0.3) is 0 Å². The van der Waals surface area contributed by atoms with Gasteiger partial charge in [0.05, 0.1) is 10.6 Å². The predicted octanol–water partition coefficient (Wildman–Crippen LogP) is 1.14. The molecule has 1 heterocycles. The molecule has 0 spiro atoms. The van der Waals surface area contributed by atoms with Crippen molar-refractivity contribution >= 4 is 21.6 Å². The van der Waals surface area contributed by atoms with E-state index in [-0.39, 0.29) is 22.2 Å². The van der Waals surface area contributed by atoms with Crippen molar-refractivity contribution in [2.24, 2.45) is 0 Å². The fourth-order valence-corrected chi connectivity index (χ4v) is 3.59. The molecule has 0 aromatic heterocycles. The summed E-state index contributed by atoms with van der Waals surface area (Å²) < 4.78 is 26.0. The number of benzene rings is 1. The van der Waals surface area contributed by atoms with Gasteiger partial charge in [0.2, 0.25) is 15.9 Å². The second-order valence-corrected chi connectivity index (χ2v) is 6.41. The summed E-state index contributed by atoms with van der Waals surface area (Å²) in [5, 5.41) is 12.0. The molecule has 2 N–H and O–H groups in total. The molecular formula is C12H16N2O4S. The standard InChI is InChI=1S/C12H16N2O4S/c1-9(15)13-11-8-10(4-5-12(11)16)19(17,18)14-6-2-3-7-14/h4-5,8,16H,2-3,6-7H2,1H3,(H,13,15). The molecule has 0 saturated carbocycles. The molecule has 2 rings (SSSR count). The lowest BCUT2D eigenvalue weighted by atomic mass is 10.3. The number of nitrogens with zero attached hydrogens (tertiary/aromatic N) is 1. The van der Waals surface area contributed by atoms with Gasteiger partial charge in [-0.2, -0.15) is 4.31 Å². The minimum absolute atomic E-state index is 0.0796. The lowest BCUT2D eigenvalue weighted by molar-refractivity contribution is -0.114. The number of phenolic OH excluding ortho intramolecular Hbond substituents is 1. The zero-order valence-corrected chi connectivity index (χ0v) is 11.4. The van der Waals surface area contributed by atoms with Crippen molar-refractivity contribution in [3.05, 3.63) is 18.2 Å². The maximum atomic E-state index is 12.3. The van der Waals surface area contributed by atoms with Gasteiger partial charge in [0.1, 0.15) is 5.75 Å². The molecular weight excluding hydrogens is 268 g/mol. The van der Waals surface area contributed by atoms with Gasteiger partial charge in [-0.05, 0) is 31.0 Å². The Hall–Kier alpha value is -1.60. The van der Waals surface area contributed by atoms with Crippen LogP contribution in [0, 0.1) is 0 Å². The van der Waals surface area contributed by atoms with Gasteiger partial charge >= 0.3 is 0 Å². The first kappa shape index (κ1) is 13.8. The average Bonchev–Trinajstić information content (AvgIpc) is 2.85. The molecule has 0 bridgehead atoms. The molecule has 0 radical (unpaired) electrons. The Bertz CT molecular complexity index is 592. The van der Waals surface area contributed by atoms with E-state index >= 15 is 0 Å². The van der Waals surface area contributed by atoms with Gasteiger partial charge < -0.3 is 10.4 Å². The molecule has 1 aromatic rings. The van der Waals surface area contributed by atoms with E-state index in [2.05, 4.69) is 5.32 Å². The zero-order chi connectivity index (χ0) is 14.0. The van der Waals surface area contributed by atoms with Crippen LogP contribution in [-0.4, -0.2) is 36.8 Å². The largest absolute Gasteiger partial charge is 0.506 e. The van der Waals surface area contributed by atoms with Crippen LogP contribution in [0.15, 0.2) is 23.1 Å². The first-order valence-corrected chi connectivity index (χ1v) is 7.46. The van der Waals surface area contributed by atoms with Gasteiger partial charge in [-0.3, -0.25) is 4.79 Å². The number of sulfonamides is 1. The van der Waals surface area contributed by atoms with Crippen molar-refractivity contribution in [1.82, 2.24) is 4.31 Å². The average molecular weight is 284 g/mol. The van der Waals surface area contributed by atoms with E-state index in [9.17, 15) is 18.3 Å². The number of carbonyl (C=O) groups is 1. The first-order valence-electron chi connectivity index (χ1n) is 6.02. The molecule has 6 nitrogen and oxygen atoms in total. The molecule has 0 unspecified atom stereocenters. The number of phenols is 1. The van der Waals surface area contributed by atoms with Crippen LogP contribution in [0.4, 0.5) is 5.69 Å². The highest BCUT2D eigenvalue weighted by molar-refractivity contribution is 7.89. The van der Waals surface area contributed by atoms with Crippen LogP contribution in [0.3, 0.4) is 0 Å². The van der Waals surface area contributed by atoms with E-state index in [1.54, 1.807) is 0 Å². The number of rotatable bonds is 3. The summed E-state index contributed by atoms with van der Waals surface area (Å²) >= 11 is 0. The number of nitrogens with one attached hydrogen (secondary N) is 1. The Kier molecular flexibility index (Phi) is 3.77. The van der Waals surface area contributed by atoms with Crippen molar-refractivity contribution in [1.29, 1.82) is 0 Å². The summed E-state index contributed by atoms with van der Waals surface area (Å²) in [7, 11) is -3.54. The van der Waals surface area contributed by atoms with Gasteiger partial charge in [-0.25, -0.2) is 8.42 Å². The second kappa shape index (κ2) is 5.18. The summed E-state index contributed by atoms with van der Waals surface area (Å²) in [4.78, 5) is 11.1. The molecule has 0 aliphatic carbocycles. The smallest absolute Gasteiger partial charge is 0.243 e. The van der Waals surface area contributed by atoms with Crippen molar-refractivity contribution in [2.75, 3.05) is 18.4 Å². The third kappa shape index (κ3) is 2.87. The molecule has 7 heteroatoms. The predicted molar refractivity (Wildman–Crippen MR) is 70.4 cm³/mol. The van der Waals surface area contributed by atoms with E-state index in [0.717, 1.165) is 12.8 Å². The van der Waals surface area contributed by atoms with Crippen LogP contribution < -0.4 is 5.32 Å². The molecule has 0 atom stereocenters. The van der Waals surface area contributed by atoms with Crippen molar-refractivity contribution < 1.29 is 18.3 Å². The van der Waals surface area contributed by atoms with Crippen LogP contribution in [0.5, 0.6) is 5.75 Å². The number of amides is 1. The van der Waals surface area contributed by atoms with Crippen LogP contribution in [0.2, 0.25) is 0 Å². The van der Waals surface area contributed by atoms with Crippen LogP contribution >= 0.6 is 0 Å². The highest BCUT2D eigenvalue weighted by Crippen LogP contribution is 2.29. The maximum absolute atomic E-state index is 12.3. The van der Waals surface area contributed by atoms with Crippen molar-refractivity contribution in [3.8, 4) is 5.75 Å². The molecule has 19 heavy (non-hydrogen) atoms. The molecule has 1 amide bonds. The third-order valence-electron chi connectivity index (χ3n) is 2.98. The highest BCUT2D eigenvalue weighted by atomic mass is 32.2. The minimum atomic E-state index is -3.54. The first-order chi connectivity index (χ1) is 8.91. The van der Waals surface area contributed by atoms with E-state index in [1.165, 1.54) is 29.4 Å². The van der Waals surface area contributed by atoms with E-state index in [4.69, 9.17) is 0 Å². The number of hydrogen-bond donors (Lipinski definition) is 2. The Morgan fingerprint density at radius 3 is 2.53 bits per heavy atom. The third-order valence-corrected chi connectivity index (χ3v) is 4.88. The van der Waals surface area contributed by atoms with Gasteiger partial charge in [0.15, 0.2) is 0 Å². The van der Waals surface area contributed by atoms with E-state index in [1.807, 2.05) is 0 Å². The van der Waals surface area contributed by atoms with Crippen LogP contribution in [0.1, 0.15) is 19.8 Å². The Morgan fingerprint density at radius 2 is 1.95 bits per heavy atom. The monoisotopic (exact) mass is 284 g/mol. The summed E-state index contributed by atoms with van der Waals surface area (Å²) in [5.41, 5.74) is 0.104. The Labute approximate surface area is 112 Å². The summed E-state index contributed by atoms with van der Waals surface area (Å²) in [6, 6.07) is 3.90. The number of anilines is 1. The van der Waals surface area contributed by atoms with E-state index in [0.29, 0.717) is 13.1 Å². The Morgan fingerprint density at radius 1 is 1.32 bits per heavy atom. The zero-order valence-electron chi connectivity index (χ0n) is 10.6. The fraction of sp³-hybridized carbons (Fsp3) is 0.417. The highest BCUT2D eigenvalue weighted by Gasteiger charge is 2.27. The maximum Gasteiger partial charge on any atom is 0.243 e. The normalized spacial score (nSPS) is 16.5. The van der Waals surface area contributed by atoms with Crippen molar-refractivity contribution in [2.45, 2.75) is 24.7 Å². The molecule has 1 aliphatic rings. The summed E-state index contributed by atoms with van der Waals surface area (Å²) in [6.07, 6.45) is 1.71. The quantitative estimate of drug-likeness (QED) is 0.815. The van der Waals surface area contributed by atoms with E-state index < -0.39 is 10.0 Å². The van der Waals surface area contributed by atoms with Gasteiger partial charge in [-0.15, -0.1) is 0 Å². The molecule has 1 saturated heterocycles. The number of carbonyl (C=O) groups excluding carboxylic acids is 1. The number of hydrogen-bond acceptors (Lipinski definition) is 4. The lowest BCUT2D eigenvalue weighted by Gasteiger charge is -2.16. The van der Waals surface area contributed by atoms with Crippen LogP contribution in [-0.2, 0) is 14.8 Å². The lowest BCUT2D eigenvalue weighted by Crippen LogP contribution is -2.27. The fourth-order valence-electron chi connectivity index (χ4n) is 2.04. The summed E-state index contributed by atoms with van der Waals surface area (Å²) in [5.74, 6) is -0.526. The minimum Gasteiger partial charge on any atom is -0.506 e. The topological polar surface area (TPSA) is 86.7 Å². The second-order valence-electron chi connectivity index (χ2n) is 4.47. The van der Waals surface area contributed by atoms with Gasteiger partial charge in [0, 0.05) is 20.0 Å². The van der Waals surface area contributed by atoms with Crippen LogP contribution in [0.25, 0.3) is 0 Å². The number of aromatic hydroxyl groups is 1. The molecule has 1 aliphatic heterocycles. The molecule has 1 aromatic carbocycles. The SMILES string of the molecule is CC(=O)Nc1cc(S(=O)(=O)N2CCCC2)ccc1O. The summed E-state index contributed by atoms with van der Waals surface area (Å²) in [6.45, 7) is 2.32. The molecule has 1 fully saturated rings. The van der Waals surface area contributed by atoms with Gasteiger partial charge in [-0.1, -0.05) is 0 Å². The molecule has 104 valence electrons. The Balaban J connectivity index is 2.37.